The minimum absolute atomic E-state index is 0.771. The van der Waals surface area contributed by atoms with E-state index in [0.717, 1.165) is 10.6 Å². The number of thiophene rings is 1. The number of aryl methyl sites for hydroxylation is 1. The van der Waals surface area contributed by atoms with Crippen molar-refractivity contribution in [1.82, 2.24) is 0 Å². The number of hydrogen-bond donors (Lipinski definition) is 0. The van der Waals surface area contributed by atoms with Crippen molar-refractivity contribution in [2.24, 2.45) is 4.99 Å². The Balaban J connectivity index is 3.17. The lowest BCUT2D eigenvalue weighted by Crippen LogP contribution is -1.67. The van der Waals surface area contributed by atoms with Crippen molar-refractivity contribution in [3.8, 4) is 0 Å². The van der Waals surface area contributed by atoms with E-state index in [4.69, 9.17) is 0 Å². The smallest absolute Gasteiger partial charge is 0.211 e. The molecule has 0 bridgehead atoms. The van der Waals surface area contributed by atoms with Crippen molar-refractivity contribution in [1.29, 1.82) is 0 Å². The second-order valence-corrected chi connectivity index (χ2v) is 2.91. The van der Waals surface area contributed by atoms with E-state index in [1.54, 1.807) is 0 Å². The highest BCUT2D eigenvalue weighted by Crippen LogP contribution is 2.28. The zero-order valence-electron chi connectivity index (χ0n) is 5.84. The van der Waals surface area contributed by atoms with E-state index in [1.165, 1.54) is 23.0 Å². The molecule has 0 aliphatic rings. The fourth-order valence-corrected chi connectivity index (χ4v) is 1.53. The molecule has 1 rings (SSSR count). The van der Waals surface area contributed by atoms with Crippen molar-refractivity contribution in [3.05, 3.63) is 16.5 Å². The van der Waals surface area contributed by atoms with Crippen LogP contribution in [0.25, 0.3) is 0 Å². The molecule has 0 fully saturated rings. The molecule has 52 valence electrons. The number of nitrogens with zero attached hydrogens (tertiary/aromatic N) is 1. The van der Waals surface area contributed by atoms with Gasteiger partial charge >= 0.3 is 0 Å². The first-order valence-electron chi connectivity index (χ1n) is 2.88. The fourth-order valence-electron chi connectivity index (χ4n) is 0.641. The molecule has 10 heavy (non-hydrogen) atoms. The van der Waals surface area contributed by atoms with Gasteiger partial charge < -0.3 is 0 Å². The third kappa shape index (κ3) is 1.15. The summed E-state index contributed by atoms with van der Waals surface area (Å²) in [6.07, 6.45) is 1.52. The molecule has 0 spiro atoms. The first kappa shape index (κ1) is 7.19. The Morgan fingerprint density at radius 3 is 2.70 bits per heavy atom. The molecule has 2 nitrogen and oxygen atoms in total. The molecule has 0 radical (unpaired) electrons. The summed E-state index contributed by atoms with van der Waals surface area (Å²) in [5, 5.41) is 2.75. The van der Waals surface area contributed by atoms with Gasteiger partial charge in [0.05, 0.1) is 0 Å². The highest BCUT2D eigenvalue weighted by atomic mass is 32.1. The fraction of sp³-hybridized carbons (Fsp3) is 0.286. The van der Waals surface area contributed by atoms with E-state index < -0.39 is 0 Å². The molecule has 0 aliphatic carbocycles. The van der Waals surface area contributed by atoms with E-state index in [2.05, 4.69) is 4.99 Å². The second-order valence-electron chi connectivity index (χ2n) is 2.05. The Labute approximate surface area is 63.2 Å². The molecule has 1 aromatic heterocycles. The zero-order chi connectivity index (χ0) is 7.56. The van der Waals surface area contributed by atoms with Crippen LogP contribution < -0.4 is 0 Å². The van der Waals surface area contributed by atoms with Gasteiger partial charge in [-0.3, -0.25) is 0 Å². The first-order chi connectivity index (χ1) is 4.75. The molecule has 0 aromatic carbocycles. The van der Waals surface area contributed by atoms with Gasteiger partial charge in [-0.15, -0.1) is 11.3 Å². The Morgan fingerprint density at radius 1 is 1.60 bits per heavy atom. The molecule has 1 heterocycles. The molecular formula is C7H7NOS. The molecule has 3 heteroatoms. The number of hydrogen-bond acceptors (Lipinski definition) is 3. The van der Waals surface area contributed by atoms with E-state index in [0.29, 0.717) is 0 Å². The summed E-state index contributed by atoms with van der Waals surface area (Å²) in [6, 6.07) is 0. The molecule has 0 aliphatic heterocycles. The standard InChI is InChI=1S/C7H7NOS/c1-5-3-10-7(6(5)2)8-4-9/h3H,1-2H3. The predicted molar refractivity (Wildman–Crippen MR) is 41.6 cm³/mol. The van der Waals surface area contributed by atoms with Gasteiger partial charge in [-0.2, -0.15) is 4.99 Å². The van der Waals surface area contributed by atoms with Crippen LogP contribution in [0.1, 0.15) is 11.1 Å². The predicted octanol–water partition coefficient (Wildman–Crippen LogP) is 2.33. The van der Waals surface area contributed by atoms with E-state index in [-0.39, 0.29) is 0 Å². The van der Waals surface area contributed by atoms with Crippen molar-refractivity contribution < 1.29 is 4.79 Å². The van der Waals surface area contributed by atoms with Crippen LogP contribution >= 0.6 is 11.3 Å². The largest absolute Gasteiger partial charge is 0.241 e. The van der Waals surface area contributed by atoms with Gasteiger partial charge in [0.2, 0.25) is 6.08 Å². The minimum atomic E-state index is 0.771. The maximum absolute atomic E-state index is 9.85. The lowest BCUT2D eigenvalue weighted by atomic mass is 10.2. The Kier molecular flexibility index (Phi) is 2.00. The topological polar surface area (TPSA) is 29.4 Å². The van der Waals surface area contributed by atoms with Crippen LogP contribution in [0.4, 0.5) is 5.00 Å². The maximum atomic E-state index is 9.85. The highest BCUT2D eigenvalue weighted by molar-refractivity contribution is 7.14. The van der Waals surface area contributed by atoms with Gasteiger partial charge in [0.25, 0.3) is 0 Å². The maximum Gasteiger partial charge on any atom is 0.241 e. The van der Waals surface area contributed by atoms with Crippen LogP contribution in [0.2, 0.25) is 0 Å². The number of isocyanates is 1. The first-order valence-corrected chi connectivity index (χ1v) is 3.76. The van der Waals surface area contributed by atoms with Gasteiger partial charge in [-0.1, -0.05) is 0 Å². The zero-order valence-corrected chi connectivity index (χ0v) is 6.66. The van der Waals surface area contributed by atoms with Gasteiger partial charge in [0.1, 0.15) is 5.00 Å². The average molecular weight is 153 g/mol. The SMILES string of the molecule is Cc1csc(N=C=O)c1C. The molecule has 0 atom stereocenters. The lowest BCUT2D eigenvalue weighted by molar-refractivity contribution is 0.565. The van der Waals surface area contributed by atoms with E-state index >= 15 is 0 Å². The summed E-state index contributed by atoms with van der Waals surface area (Å²) in [6.45, 7) is 3.94. The molecular weight excluding hydrogens is 146 g/mol. The highest BCUT2D eigenvalue weighted by Gasteiger charge is 2.00. The summed E-state index contributed by atoms with van der Waals surface area (Å²) in [5.41, 5.74) is 2.26. The molecule has 0 N–H and O–H groups in total. The molecule has 0 amide bonds. The summed E-state index contributed by atoms with van der Waals surface area (Å²) in [7, 11) is 0. The summed E-state index contributed by atoms with van der Waals surface area (Å²) in [5.74, 6) is 0. The van der Waals surface area contributed by atoms with Crippen LogP contribution in [0.3, 0.4) is 0 Å². The van der Waals surface area contributed by atoms with Crippen LogP contribution in [-0.2, 0) is 4.79 Å². The van der Waals surface area contributed by atoms with Crippen LogP contribution in [0, 0.1) is 13.8 Å². The summed E-state index contributed by atoms with van der Waals surface area (Å²) < 4.78 is 0. The van der Waals surface area contributed by atoms with Crippen LogP contribution in [0.5, 0.6) is 0 Å². The molecule has 0 saturated heterocycles. The van der Waals surface area contributed by atoms with Crippen molar-refractivity contribution >= 4 is 22.4 Å². The summed E-state index contributed by atoms with van der Waals surface area (Å²) >= 11 is 1.47. The normalized spacial score (nSPS) is 9.00. The molecule has 0 unspecified atom stereocenters. The van der Waals surface area contributed by atoms with Crippen LogP contribution in [0.15, 0.2) is 10.4 Å². The van der Waals surface area contributed by atoms with Gasteiger partial charge in [0, 0.05) is 0 Å². The number of aliphatic imine (C=N–C) groups is 1. The second kappa shape index (κ2) is 2.78. The van der Waals surface area contributed by atoms with Gasteiger partial charge in [0.15, 0.2) is 0 Å². The van der Waals surface area contributed by atoms with Crippen molar-refractivity contribution in [2.75, 3.05) is 0 Å². The van der Waals surface area contributed by atoms with Crippen molar-refractivity contribution in [3.63, 3.8) is 0 Å². The number of carbonyl (C=O) groups excluding carboxylic acids is 1. The monoisotopic (exact) mass is 153 g/mol. The van der Waals surface area contributed by atoms with Crippen LogP contribution in [-0.4, -0.2) is 6.08 Å². The molecule has 1 aromatic rings. The Morgan fingerprint density at radius 2 is 2.30 bits per heavy atom. The van der Waals surface area contributed by atoms with Crippen molar-refractivity contribution in [2.45, 2.75) is 13.8 Å². The lowest BCUT2D eigenvalue weighted by Gasteiger charge is -1.86. The third-order valence-electron chi connectivity index (χ3n) is 1.41. The van der Waals surface area contributed by atoms with Gasteiger partial charge in [-0.25, -0.2) is 4.79 Å². The third-order valence-corrected chi connectivity index (χ3v) is 2.50. The number of rotatable bonds is 1. The van der Waals surface area contributed by atoms with E-state index in [9.17, 15) is 4.79 Å². The summed E-state index contributed by atoms with van der Waals surface area (Å²) in [4.78, 5) is 13.4. The molecule has 0 saturated carbocycles. The van der Waals surface area contributed by atoms with Gasteiger partial charge in [-0.05, 0) is 30.4 Å². The minimum Gasteiger partial charge on any atom is -0.211 e. The quantitative estimate of drug-likeness (QED) is 0.449. The average Bonchev–Trinajstić information content (AvgIpc) is 2.20. The van der Waals surface area contributed by atoms with E-state index in [1.807, 2.05) is 19.2 Å². The Bertz CT molecular complexity index is 284. The Hall–Kier alpha value is -0.920.